The van der Waals surface area contributed by atoms with Gasteiger partial charge in [-0.2, -0.15) is 21.6 Å². The highest BCUT2D eigenvalue weighted by atomic mass is 32.2. The molecule has 27 heavy (non-hydrogen) atoms. The fourth-order valence-electron chi connectivity index (χ4n) is 2.35. The molecule has 1 rings (SSSR count). The van der Waals surface area contributed by atoms with E-state index in [-0.39, 0.29) is 37.4 Å². The van der Waals surface area contributed by atoms with Crippen LogP contribution in [0, 0.1) is 5.92 Å². The Bertz CT molecular complexity index is 695. The van der Waals surface area contributed by atoms with Gasteiger partial charge < -0.3 is 19.3 Å². The van der Waals surface area contributed by atoms with E-state index in [0.717, 1.165) is 0 Å². The van der Waals surface area contributed by atoms with Crippen LogP contribution in [0.25, 0.3) is 0 Å². The number of rotatable bonds is 6. The van der Waals surface area contributed by atoms with Crippen LogP contribution in [-0.2, 0) is 23.8 Å². The zero-order valence-corrected chi connectivity index (χ0v) is 15.8. The van der Waals surface area contributed by atoms with Gasteiger partial charge >= 0.3 is 27.7 Å². The topological polar surface area (TPSA) is 119 Å². The number of carboxylic acid groups (broad SMARTS) is 1. The van der Waals surface area contributed by atoms with Crippen LogP contribution in [0.2, 0.25) is 0 Å². The molecule has 0 aliphatic heterocycles. The van der Waals surface area contributed by atoms with E-state index >= 15 is 0 Å². The summed E-state index contributed by atoms with van der Waals surface area (Å²) in [5.41, 5.74) is -6.33. The van der Waals surface area contributed by atoms with Crippen LogP contribution in [0.4, 0.5) is 18.0 Å². The van der Waals surface area contributed by atoms with E-state index in [1.807, 2.05) is 0 Å². The summed E-state index contributed by atoms with van der Waals surface area (Å²) >= 11 is 0. The quantitative estimate of drug-likeness (QED) is 0.504. The summed E-state index contributed by atoms with van der Waals surface area (Å²) < 4.78 is 67.9. The Balaban J connectivity index is 2.66. The van der Waals surface area contributed by atoms with Gasteiger partial charge in [-0.25, -0.2) is 9.59 Å². The van der Waals surface area contributed by atoms with E-state index in [9.17, 15) is 36.3 Å². The monoisotopic (exact) mass is 417 g/mol. The molecule has 0 saturated heterocycles. The lowest BCUT2D eigenvalue weighted by Gasteiger charge is -2.26. The van der Waals surface area contributed by atoms with Crippen LogP contribution in [0.1, 0.15) is 46.5 Å². The van der Waals surface area contributed by atoms with Gasteiger partial charge in [0, 0.05) is 6.42 Å². The number of carbonyl (C=O) groups is 2. The molecule has 0 heterocycles. The molecule has 12 heteroatoms. The van der Waals surface area contributed by atoms with E-state index in [1.54, 1.807) is 20.8 Å². The van der Waals surface area contributed by atoms with E-state index in [0.29, 0.717) is 0 Å². The summed E-state index contributed by atoms with van der Waals surface area (Å²) in [7, 11) is -5.72. The van der Waals surface area contributed by atoms with Gasteiger partial charge in [0.1, 0.15) is 17.4 Å². The molecule has 0 aromatic heterocycles. The zero-order chi connectivity index (χ0) is 21.0. The third kappa shape index (κ3) is 7.65. The lowest BCUT2D eigenvalue weighted by molar-refractivity contribution is -0.140. The Morgan fingerprint density at radius 3 is 2.33 bits per heavy atom. The van der Waals surface area contributed by atoms with Crippen molar-refractivity contribution in [3.8, 4) is 0 Å². The van der Waals surface area contributed by atoms with Crippen LogP contribution < -0.4 is 5.32 Å². The minimum Gasteiger partial charge on any atom is -0.480 e. The first kappa shape index (κ1) is 23.1. The fraction of sp³-hybridized carbons (Fsp3) is 0.733. The lowest BCUT2D eigenvalue weighted by atomic mass is 9.88. The Hall–Kier alpha value is -1.98. The molecule has 1 aliphatic carbocycles. The Morgan fingerprint density at radius 2 is 1.93 bits per heavy atom. The summed E-state index contributed by atoms with van der Waals surface area (Å²) in [5, 5.41) is 11.5. The van der Waals surface area contributed by atoms with Crippen molar-refractivity contribution in [2.24, 2.45) is 5.92 Å². The van der Waals surface area contributed by atoms with Gasteiger partial charge in [-0.1, -0.05) is 0 Å². The van der Waals surface area contributed by atoms with Crippen molar-refractivity contribution < 1.29 is 45.2 Å². The van der Waals surface area contributed by atoms with E-state index in [4.69, 9.17) is 4.74 Å². The molecule has 0 saturated carbocycles. The van der Waals surface area contributed by atoms with Crippen LogP contribution in [0.5, 0.6) is 0 Å². The number of allylic oxidation sites excluding steroid dienone is 2. The van der Waals surface area contributed by atoms with Crippen molar-refractivity contribution in [1.82, 2.24) is 5.32 Å². The third-order valence-electron chi connectivity index (χ3n) is 3.54. The average molecular weight is 417 g/mol. The highest BCUT2D eigenvalue weighted by molar-refractivity contribution is 7.87. The Labute approximate surface area is 154 Å². The van der Waals surface area contributed by atoms with Gasteiger partial charge in [0.15, 0.2) is 0 Å². The van der Waals surface area contributed by atoms with Gasteiger partial charge in [0.05, 0.1) is 0 Å². The van der Waals surface area contributed by atoms with Crippen molar-refractivity contribution in [3.63, 3.8) is 0 Å². The van der Waals surface area contributed by atoms with Crippen molar-refractivity contribution in [1.29, 1.82) is 0 Å². The van der Waals surface area contributed by atoms with E-state index < -0.39 is 39.3 Å². The summed E-state index contributed by atoms with van der Waals surface area (Å²) in [6.07, 6.45) is 0.510. The second-order valence-electron chi connectivity index (χ2n) is 7.07. The van der Waals surface area contributed by atoms with Crippen molar-refractivity contribution in [3.05, 3.63) is 11.8 Å². The van der Waals surface area contributed by atoms with Crippen LogP contribution in [-0.4, -0.2) is 42.7 Å². The minimum atomic E-state index is -5.72. The Kier molecular flexibility index (Phi) is 7.14. The average Bonchev–Trinajstić information content (AvgIpc) is 2.45. The first-order valence-corrected chi connectivity index (χ1v) is 9.43. The first-order chi connectivity index (χ1) is 12.1. The minimum absolute atomic E-state index is 0.00434. The zero-order valence-electron chi connectivity index (χ0n) is 15.0. The van der Waals surface area contributed by atoms with E-state index in [1.165, 1.54) is 6.08 Å². The molecular formula is C15H22F3NO7S. The molecule has 1 amide bonds. The molecule has 2 atom stereocenters. The standard InChI is InChI=1S/C15H22F3NO7S/c1-14(2,3)25-13(22)19-11(12(20)21)8-9-4-6-10(7-5-9)26-27(23,24)15(16,17)18/h6,9,11H,4-5,7-8H2,1-3H3,(H,19,22)(H,20,21)/t9?,11-/m0/s1. The van der Waals surface area contributed by atoms with Gasteiger partial charge in [-0.3, -0.25) is 0 Å². The number of hydrogen-bond donors (Lipinski definition) is 2. The normalized spacial score (nSPS) is 19.6. The summed E-state index contributed by atoms with van der Waals surface area (Å²) in [4.78, 5) is 23.0. The predicted octanol–water partition coefficient (Wildman–Crippen LogP) is 2.90. The number of carboxylic acids is 1. The fourth-order valence-corrected chi connectivity index (χ4v) is 2.87. The maximum Gasteiger partial charge on any atom is 0.534 e. The number of carbonyl (C=O) groups excluding carboxylic acids is 1. The summed E-state index contributed by atoms with van der Waals surface area (Å²) in [5.74, 6) is -1.91. The van der Waals surface area contributed by atoms with Gasteiger partial charge in [-0.05, 0) is 52.0 Å². The second kappa shape index (κ2) is 8.36. The van der Waals surface area contributed by atoms with Crippen LogP contribution in [0.15, 0.2) is 11.8 Å². The maximum atomic E-state index is 12.3. The molecule has 0 fully saturated rings. The molecule has 0 radical (unpaired) electrons. The summed E-state index contributed by atoms with van der Waals surface area (Å²) in [6.45, 7) is 4.85. The molecule has 1 aliphatic rings. The molecule has 0 spiro atoms. The molecule has 1 unspecified atom stereocenters. The highest BCUT2D eigenvalue weighted by Gasteiger charge is 2.49. The first-order valence-electron chi connectivity index (χ1n) is 8.03. The SMILES string of the molecule is CC(C)(C)OC(=O)N[C@@H](CC1CC=C(OS(=O)(=O)C(F)(F)F)CC1)C(=O)O. The van der Waals surface area contributed by atoms with Gasteiger partial charge in [-0.15, -0.1) is 0 Å². The largest absolute Gasteiger partial charge is 0.534 e. The van der Waals surface area contributed by atoms with Crippen molar-refractivity contribution >= 4 is 22.2 Å². The van der Waals surface area contributed by atoms with Crippen molar-refractivity contribution in [2.75, 3.05) is 0 Å². The number of alkyl carbamates (subject to hydrolysis) is 1. The highest BCUT2D eigenvalue weighted by Crippen LogP contribution is 2.32. The second-order valence-corrected chi connectivity index (χ2v) is 8.60. The molecule has 2 N–H and O–H groups in total. The maximum absolute atomic E-state index is 12.3. The van der Waals surface area contributed by atoms with Gasteiger partial charge in [0.2, 0.25) is 0 Å². The van der Waals surface area contributed by atoms with E-state index in [2.05, 4.69) is 9.50 Å². The molecule has 8 nitrogen and oxygen atoms in total. The molecule has 156 valence electrons. The predicted molar refractivity (Wildman–Crippen MR) is 86.9 cm³/mol. The van der Waals surface area contributed by atoms with Crippen LogP contribution in [0.3, 0.4) is 0 Å². The molecule has 0 aromatic carbocycles. The number of aliphatic carboxylic acids is 1. The number of ether oxygens (including phenoxy) is 1. The number of halogens is 3. The number of amides is 1. The van der Waals surface area contributed by atoms with Gasteiger partial charge in [0.25, 0.3) is 0 Å². The molecule has 0 aromatic rings. The number of hydrogen-bond acceptors (Lipinski definition) is 6. The number of nitrogens with one attached hydrogen (secondary N) is 1. The number of alkyl halides is 3. The van der Waals surface area contributed by atoms with Crippen LogP contribution >= 0.6 is 0 Å². The Morgan fingerprint density at radius 1 is 1.33 bits per heavy atom. The molecular weight excluding hydrogens is 395 g/mol. The summed E-state index contributed by atoms with van der Waals surface area (Å²) in [6, 6.07) is -1.25. The smallest absolute Gasteiger partial charge is 0.480 e. The molecule has 0 bridgehead atoms. The third-order valence-corrected chi connectivity index (χ3v) is 4.54. The lowest BCUT2D eigenvalue weighted by Crippen LogP contribution is -2.44. The van der Waals surface area contributed by atoms with Crippen molar-refractivity contribution in [2.45, 2.75) is 63.6 Å².